The van der Waals surface area contributed by atoms with Crippen molar-refractivity contribution >= 4 is 23.6 Å². The maximum Gasteiger partial charge on any atom is 0.411 e. The third kappa shape index (κ3) is 8.93. The van der Waals surface area contributed by atoms with Crippen molar-refractivity contribution in [3.63, 3.8) is 0 Å². The van der Waals surface area contributed by atoms with E-state index in [2.05, 4.69) is 17.2 Å². The summed E-state index contributed by atoms with van der Waals surface area (Å²) >= 11 is 0. The molecule has 8 heteroatoms. The van der Waals surface area contributed by atoms with Crippen LogP contribution < -0.4 is 10.6 Å². The summed E-state index contributed by atoms with van der Waals surface area (Å²) in [5.74, 6) is 0. The molecule has 1 aromatic carbocycles. The molecule has 0 aromatic heterocycles. The first-order valence-electron chi connectivity index (χ1n) is 8.31. The maximum atomic E-state index is 11.8. The van der Waals surface area contributed by atoms with Crippen LogP contribution in [0.25, 0.3) is 0 Å². The smallest absolute Gasteiger partial charge is 0.411 e. The van der Waals surface area contributed by atoms with Gasteiger partial charge in [-0.3, -0.25) is 10.6 Å². The van der Waals surface area contributed by atoms with Gasteiger partial charge in [0.05, 0.1) is 25.6 Å². The molecule has 0 saturated carbocycles. The fraction of sp³-hybridized carbons (Fsp3) is 0.444. The number of nitrogens with one attached hydrogen (secondary N) is 2. The van der Waals surface area contributed by atoms with E-state index in [0.717, 1.165) is 12.0 Å². The maximum absolute atomic E-state index is 11.8. The number of amides is 2. The van der Waals surface area contributed by atoms with E-state index in [1.165, 1.54) is 13.2 Å². The summed E-state index contributed by atoms with van der Waals surface area (Å²) in [6.07, 6.45) is 0.796. The fourth-order valence-electron chi connectivity index (χ4n) is 1.87. The molecule has 2 amide bonds. The van der Waals surface area contributed by atoms with Gasteiger partial charge in [0.15, 0.2) is 0 Å². The number of unbranched alkanes of at least 4 members (excludes halogenated alkanes) is 1. The number of anilines is 2. The minimum absolute atomic E-state index is 0.104. The molecule has 0 heterocycles. The Morgan fingerprint density at radius 1 is 1.19 bits per heavy atom. The fourth-order valence-corrected chi connectivity index (χ4v) is 1.87. The number of carbonyl (C=O) groups excluding carboxylic acids is 2. The normalized spacial score (nSPS) is 11.2. The van der Waals surface area contributed by atoms with Crippen molar-refractivity contribution in [1.29, 1.82) is 0 Å². The summed E-state index contributed by atoms with van der Waals surface area (Å²) in [7, 11) is 0. The van der Waals surface area contributed by atoms with Crippen LogP contribution in [0.15, 0.2) is 31.0 Å². The van der Waals surface area contributed by atoms with Crippen molar-refractivity contribution in [2.75, 3.05) is 30.5 Å². The van der Waals surface area contributed by atoms with Crippen LogP contribution in [0.4, 0.5) is 21.0 Å². The highest BCUT2D eigenvalue weighted by molar-refractivity contribution is 5.89. The molecule has 1 atom stereocenters. The first-order chi connectivity index (χ1) is 12.4. The van der Waals surface area contributed by atoms with Gasteiger partial charge in [0.2, 0.25) is 0 Å². The molecule has 0 aliphatic carbocycles. The molecule has 0 bridgehead atoms. The van der Waals surface area contributed by atoms with E-state index < -0.39 is 18.3 Å². The topological polar surface area (TPSA) is 106 Å². The van der Waals surface area contributed by atoms with Crippen LogP contribution in [0.1, 0.15) is 25.3 Å². The number of aryl methyl sites for hydroxylation is 1. The third-order valence-corrected chi connectivity index (χ3v) is 3.18. The molecule has 0 aliphatic heterocycles. The van der Waals surface area contributed by atoms with Crippen LogP contribution in [-0.2, 0) is 14.2 Å². The highest BCUT2D eigenvalue weighted by Gasteiger charge is 2.10. The van der Waals surface area contributed by atoms with Gasteiger partial charge in [-0.15, -0.1) is 0 Å². The molecule has 0 aliphatic rings. The minimum Gasteiger partial charge on any atom is -0.502 e. The zero-order chi connectivity index (χ0) is 19.4. The Morgan fingerprint density at radius 3 is 2.58 bits per heavy atom. The molecule has 26 heavy (non-hydrogen) atoms. The Kier molecular flexibility index (Phi) is 9.63. The zero-order valence-corrected chi connectivity index (χ0v) is 15.1. The average molecular weight is 366 g/mol. The standard InChI is InChI=1S/C18H26N2O6/c1-4-24-9-5-6-10-25-17(22)19-15-8-7-13(2)16(11-15)20-18(23)26-12-14(3)21/h4,7-8,11,14,21H,1,5-6,9-10,12H2,2-3H3,(H,19,22)(H,20,23). The lowest BCUT2D eigenvalue weighted by molar-refractivity contribution is 0.0858. The molecule has 3 N–H and O–H groups in total. The molecule has 0 spiro atoms. The van der Waals surface area contributed by atoms with Gasteiger partial charge in [-0.2, -0.15) is 0 Å². The molecule has 1 unspecified atom stereocenters. The summed E-state index contributed by atoms with van der Waals surface area (Å²) in [5.41, 5.74) is 1.75. The van der Waals surface area contributed by atoms with E-state index in [0.29, 0.717) is 24.4 Å². The van der Waals surface area contributed by atoms with Crippen LogP contribution in [0.3, 0.4) is 0 Å². The molecule has 1 aromatic rings. The second-order valence-electron chi connectivity index (χ2n) is 5.61. The molecule has 0 saturated heterocycles. The molecule has 8 nitrogen and oxygen atoms in total. The van der Waals surface area contributed by atoms with Gasteiger partial charge in [0.1, 0.15) is 6.61 Å². The number of aliphatic hydroxyl groups is 1. The van der Waals surface area contributed by atoms with Crippen molar-refractivity contribution < 1.29 is 28.9 Å². The highest BCUT2D eigenvalue weighted by Crippen LogP contribution is 2.20. The molecule has 144 valence electrons. The van der Waals surface area contributed by atoms with Crippen LogP contribution in [0, 0.1) is 6.92 Å². The molecule has 0 fully saturated rings. The van der Waals surface area contributed by atoms with Crippen molar-refractivity contribution in [2.24, 2.45) is 0 Å². The van der Waals surface area contributed by atoms with Gasteiger partial charge in [0.25, 0.3) is 0 Å². The van der Waals surface area contributed by atoms with E-state index in [1.54, 1.807) is 25.1 Å². The summed E-state index contributed by atoms with van der Waals surface area (Å²) < 4.78 is 14.9. The van der Waals surface area contributed by atoms with Gasteiger partial charge in [-0.05, 0) is 44.4 Å². The van der Waals surface area contributed by atoms with Gasteiger partial charge in [0, 0.05) is 11.4 Å². The predicted molar refractivity (Wildman–Crippen MR) is 98.2 cm³/mol. The lowest BCUT2D eigenvalue weighted by Crippen LogP contribution is -2.20. The van der Waals surface area contributed by atoms with Gasteiger partial charge >= 0.3 is 12.2 Å². The number of ether oxygens (including phenoxy) is 3. The van der Waals surface area contributed by atoms with Crippen molar-refractivity contribution in [1.82, 2.24) is 0 Å². The van der Waals surface area contributed by atoms with Crippen LogP contribution >= 0.6 is 0 Å². The molecule has 0 radical (unpaired) electrons. The van der Waals surface area contributed by atoms with E-state index in [9.17, 15) is 9.59 Å². The lowest BCUT2D eigenvalue weighted by Gasteiger charge is -2.12. The van der Waals surface area contributed by atoms with Crippen molar-refractivity contribution in [3.05, 3.63) is 36.6 Å². The van der Waals surface area contributed by atoms with Crippen LogP contribution in [-0.4, -0.2) is 43.2 Å². The second-order valence-corrected chi connectivity index (χ2v) is 5.61. The van der Waals surface area contributed by atoms with E-state index >= 15 is 0 Å². The third-order valence-electron chi connectivity index (χ3n) is 3.18. The van der Waals surface area contributed by atoms with Crippen molar-refractivity contribution in [2.45, 2.75) is 32.8 Å². The predicted octanol–water partition coefficient (Wildman–Crippen LogP) is 3.41. The average Bonchev–Trinajstić information content (AvgIpc) is 2.59. The Labute approximate surface area is 153 Å². The zero-order valence-electron chi connectivity index (χ0n) is 15.1. The Bertz CT molecular complexity index is 603. The van der Waals surface area contributed by atoms with Gasteiger partial charge < -0.3 is 19.3 Å². The number of rotatable bonds is 10. The Balaban J connectivity index is 2.46. The number of benzene rings is 1. The quantitative estimate of drug-likeness (QED) is 0.433. The molecular formula is C18H26N2O6. The Morgan fingerprint density at radius 2 is 1.88 bits per heavy atom. The lowest BCUT2D eigenvalue weighted by atomic mass is 10.2. The number of carbonyl (C=O) groups is 2. The largest absolute Gasteiger partial charge is 0.502 e. The minimum atomic E-state index is -0.743. The van der Waals surface area contributed by atoms with Gasteiger partial charge in [-0.25, -0.2) is 9.59 Å². The SMILES string of the molecule is C=COCCCCOC(=O)Nc1ccc(C)c(NC(=O)OCC(C)O)c1. The van der Waals surface area contributed by atoms with E-state index in [1.807, 2.05) is 0 Å². The van der Waals surface area contributed by atoms with E-state index in [-0.39, 0.29) is 13.2 Å². The highest BCUT2D eigenvalue weighted by atomic mass is 16.6. The Hall–Kier alpha value is -2.74. The van der Waals surface area contributed by atoms with Gasteiger partial charge in [-0.1, -0.05) is 12.6 Å². The monoisotopic (exact) mass is 366 g/mol. The summed E-state index contributed by atoms with van der Waals surface area (Å²) in [5, 5.41) is 14.3. The van der Waals surface area contributed by atoms with E-state index in [4.69, 9.17) is 19.3 Å². The summed E-state index contributed by atoms with van der Waals surface area (Å²) in [6.45, 7) is 7.46. The van der Waals surface area contributed by atoms with Crippen LogP contribution in [0.2, 0.25) is 0 Å². The summed E-state index contributed by atoms with van der Waals surface area (Å²) in [6, 6.07) is 5.03. The van der Waals surface area contributed by atoms with Crippen molar-refractivity contribution in [3.8, 4) is 0 Å². The molecule has 1 rings (SSSR count). The first kappa shape index (κ1) is 21.3. The van der Waals surface area contributed by atoms with Crippen LogP contribution in [0.5, 0.6) is 0 Å². The molecular weight excluding hydrogens is 340 g/mol. The first-order valence-corrected chi connectivity index (χ1v) is 8.31. The number of hydrogen-bond acceptors (Lipinski definition) is 6. The second kappa shape index (κ2) is 11.8. The number of aliphatic hydroxyl groups excluding tert-OH is 1. The number of hydrogen-bond donors (Lipinski definition) is 3. The summed E-state index contributed by atoms with van der Waals surface area (Å²) in [4.78, 5) is 23.5.